The number of hydrogen-bond acceptors (Lipinski definition) is 4. The molecular formula is C9H13BrClN3O. The predicted octanol–water partition coefficient (Wildman–Crippen LogP) is 2.32. The van der Waals surface area contributed by atoms with E-state index in [1.54, 1.807) is 0 Å². The molecule has 0 aliphatic heterocycles. The van der Waals surface area contributed by atoms with Gasteiger partial charge in [0.25, 0.3) is 0 Å². The summed E-state index contributed by atoms with van der Waals surface area (Å²) >= 11 is 9.12. The van der Waals surface area contributed by atoms with Crippen LogP contribution < -0.4 is 5.32 Å². The lowest BCUT2D eigenvalue weighted by molar-refractivity contribution is 0.226. The summed E-state index contributed by atoms with van der Waals surface area (Å²) in [5.41, 5.74) is 0. The average molecular weight is 295 g/mol. The second-order valence-corrected chi connectivity index (χ2v) is 4.57. The highest BCUT2D eigenvalue weighted by molar-refractivity contribution is 9.10. The van der Waals surface area contributed by atoms with Crippen molar-refractivity contribution < 1.29 is 5.11 Å². The summed E-state index contributed by atoms with van der Waals surface area (Å²) < 4.78 is 0.642. The third-order valence-corrected chi connectivity index (χ3v) is 3.52. The van der Waals surface area contributed by atoms with Crippen LogP contribution in [0, 0.1) is 5.92 Å². The molecule has 84 valence electrons. The Balaban J connectivity index is 2.76. The summed E-state index contributed by atoms with van der Waals surface area (Å²) in [4.78, 5) is 7.89. The van der Waals surface area contributed by atoms with Gasteiger partial charge in [-0.3, -0.25) is 0 Å². The molecule has 0 saturated heterocycles. The van der Waals surface area contributed by atoms with Crippen molar-refractivity contribution >= 4 is 33.3 Å². The molecule has 1 aromatic rings. The van der Waals surface area contributed by atoms with E-state index in [2.05, 4.69) is 31.2 Å². The summed E-state index contributed by atoms with van der Waals surface area (Å²) in [5.74, 6) is 0.786. The van der Waals surface area contributed by atoms with Gasteiger partial charge in [-0.1, -0.05) is 18.5 Å². The lowest BCUT2D eigenvalue weighted by Crippen LogP contribution is -2.26. The first-order chi connectivity index (χ1) is 7.06. The van der Waals surface area contributed by atoms with Gasteiger partial charge in [0, 0.05) is 12.6 Å². The lowest BCUT2D eigenvalue weighted by atomic mass is 10.1. The molecule has 0 aromatic carbocycles. The molecule has 0 amide bonds. The molecule has 15 heavy (non-hydrogen) atoms. The smallest absolute Gasteiger partial charge is 0.148 e. The summed E-state index contributed by atoms with van der Waals surface area (Å²) in [6.45, 7) is 4.06. The van der Waals surface area contributed by atoms with Gasteiger partial charge in [0.2, 0.25) is 0 Å². The van der Waals surface area contributed by atoms with E-state index in [1.807, 2.05) is 13.8 Å². The highest BCUT2D eigenvalue weighted by atomic mass is 79.9. The number of nitrogens with zero attached hydrogens (tertiary/aromatic N) is 2. The van der Waals surface area contributed by atoms with Crippen LogP contribution in [0.25, 0.3) is 0 Å². The predicted molar refractivity (Wildman–Crippen MR) is 64.1 cm³/mol. The van der Waals surface area contributed by atoms with E-state index >= 15 is 0 Å². The van der Waals surface area contributed by atoms with Crippen molar-refractivity contribution in [2.75, 3.05) is 11.9 Å². The monoisotopic (exact) mass is 293 g/mol. The molecule has 6 heteroatoms. The Hall–Kier alpha value is -0.390. The number of hydrogen-bond donors (Lipinski definition) is 2. The standard InChI is InChI=1S/C9H13BrClN3O/c1-5(3-15)6(2)14-9-7(10)8(11)12-4-13-9/h4-6,15H,3H2,1-2H3,(H,12,13,14). The van der Waals surface area contributed by atoms with E-state index in [0.29, 0.717) is 15.4 Å². The molecule has 2 N–H and O–H groups in total. The first kappa shape index (κ1) is 12.7. The molecule has 2 unspecified atom stereocenters. The number of halogens is 2. The second kappa shape index (κ2) is 5.63. The minimum Gasteiger partial charge on any atom is -0.396 e. The van der Waals surface area contributed by atoms with Crippen LogP contribution in [0.2, 0.25) is 5.15 Å². The van der Waals surface area contributed by atoms with Crippen LogP contribution in [0.15, 0.2) is 10.8 Å². The van der Waals surface area contributed by atoms with Crippen LogP contribution >= 0.6 is 27.5 Å². The Morgan fingerprint density at radius 1 is 1.53 bits per heavy atom. The van der Waals surface area contributed by atoms with Crippen LogP contribution in [0.5, 0.6) is 0 Å². The minimum absolute atomic E-state index is 0.109. The summed E-state index contributed by atoms with van der Waals surface area (Å²) in [6, 6.07) is 0.109. The molecule has 0 radical (unpaired) electrons. The number of aromatic nitrogens is 2. The summed E-state index contributed by atoms with van der Waals surface area (Å²) in [7, 11) is 0. The van der Waals surface area contributed by atoms with E-state index in [1.165, 1.54) is 6.33 Å². The Bertz CT molecular complexity index is 337. The number of anilines is 1. The summed E-state index contributed by atoms with van der Waals surface area (Å²) in [5, 5.41) is 12.5. The van der Waals surface area contributed by atoms with Gasteiger partial charge in [-0.25, -0.2) is 9.97 Å². The Morgan fingerprint density at radius 2 is 2.20 bits per heavy atom. The number of rotatable bonds is 4. The highest BCUT2D eigenvalue weighted by Crippen LogP contribution is 2.27. The fourth-order valence-corrected chi connectivity index (χ4v) is 1.42. The zero-order valence-electron chi connectivity index (χ0n) is 8.54. The van der Waals surface area contributed by atoms with Crippen LogP contribution in [-0.4, -0.2) is 27.7 Å². The third kappa shape index (κ3) is 3.29. The van der Waals surface area contributed by atoms with Gasteiger partial charge in [-0.05, 0) is 28.8 Å². The van der Waals surface area contributed by atoms with E-state index in [9.17, 15) is 0 Å². The fraction of sp³-hybridized carbons (Fsp3) is 0.556. The fourth-order valence-electron chi connectivity index (χ4n) is 0.965. The molecule has 1 heterocycles. The van der Waals surface area contributed by atoms with E-state index < -0.39 is 0 Å². The minimum atomic E-state index is 0.109. The van der Waals surface area contributed by atoms with Crippen LogP contribution in [0.4, 0.5) is 5.82 Å². The van der Waals surface area contributed by atoms with Crippen LogP contribution in [0.1, 0.15) is 13.8 Å². The molecule has 2 atom stereocenters. The molecule has 0 bridgehead atoms. The first-order valence-electron chi connectivity index (χ1n) is 4.59. The molecule has 0 spiro atoms. The lowest BCUT2D eigenvalue weighted by Gasteiger charge is -2.20. The first-order valence-corrected chi connectivity index (χ1v) is 5.76. The van der Waals surface area contributed by atoms with Gasteiger partial charge in [-0.15, -0.1) is 0 Å². The van der Waals surface area contributed by atoms with E-state index in [-0.39, 0.29) is 18.6 Å². The summed E-state index contributed by atoms with van der Waals surface area (Å²) in [6.07, 6.45) is 1.39. The van der Waals surface area contributed by atoms with Crippen molar-refractivity contribution in [2.45, 2.75) is 19.9 Å². The van der Waals surface area contributed by atoms with Crippen molar-refractivity contribution in [3.63, 3.8) is 0 Å². The average Bonchev–Trinajstić information content (AvgIpc) is 2.23. The van der Waals surface area contributed by atoms with Gasteiger partial charge in [-0.2, -0.15) is 0 Å². The highest BCUT2D eigenvalue weighted by Gasteiger charge is 2.14. The topological polar surface area (TPSA) is 58.0 Å². The second-order valence-electron chi connectivity index (χ2n) is 3.42. The molecule has 4 nitrogen and oxygen atoms in total. The van der Waals surface area contributed by atoms with Crippen molar-refractivity contribution in [3.05, 3.63) is 16.0 Å². The molecule has 1 rings (SSSR count). The molecule has 0 aliphatic rings. The molecule has 0 saturated carbocycles. The molecule has 0 fully saturated rings. The van der Waals surface area contributed by atoms with Gasteiger partial charge >= 0.3 is 0 Å². The van der Waals surface area contributed by atoms with Crippen LogP contribution in [0.3, 0.4) is 0 Å². The number of nitrogens with one attached hydrogen (secondary N) is 1. The normalized spacial score (nSPS) is 14.7. The van der Waals surface area contributed by atoms with Crippen molar-refractivity contribution in [2.24, 2.45) is 5.92 Å². The number of aliphatic hydroxyl groups is 1. The Labute approximate surface area is 102 Å². The van der Waals surface area contributed by atoms with Crippen LogP contribution in [-0.2, 0) is 0 Å². The van der Waals surface area contributed by atoms with Gasteiger partial charge in [0.05, 0.1) is 4.47 Å². The zero-order chi connectivity index (χ0) is 11.4. The van der Waals surface area contributed by atoms with Crippen molar-refractivity contribution in [1.29, 1.82) is 0 Å². The molecule has 1 aromatic heterocycles. The quantitative estimate of drug-likeness (QED) is 0.837. The molecular weight excluding hydrogens is 281 g/mol. The van der Waals surface area contributed by atoms with Crippen molar-refractivity contribution in [3.8, 4) is 0 Å². The van der Waals surface area contributed by atoms with Gasteiger partial charge in [0.1, 0.15) is 17.3 Å². The number of aliphatic hydroxyl groups excluding tert-OH is 1. The van der Waals surface area contributed by atoms with E-state index in [0.717, 1.165) is 0 Å². The largest absolute Gasteiger partial charge is 0.396 e. The zero-order valence-corrected chi connectivity index (χ0v) is 10.9. The van der Waals surface area contributed by atoms with Gasteiger partial charge in [0.15, 0.2) is 0 Å². The van der Waals surface area contributed by atoms with Gasteiger partial charge < -0.3 is 10.4 Å². The SMILES string of the molecule is CC(CO)C(C)Nc1ncnc(Cl)c1Br. The van der Waals surface area contributed by atoms with Crippen molar-refractivity contribution in [1.82, 2.24) is 9.97 Å². The van der Waals surface area contributed by atoms with E-state index in [4.69, 9.17) is 16.7 Å². The maximum Gasteiger partial charge on any atom is 0.148 e. The third-order valence-electron chi connectivity index (χ3n) is 2.25. The maximum absolute atomic E-state index is 9.00. The Kier molecular flexibility index (Phi) is 4.76. The maximum atomic E-state index is 9.00. The molecule has 0 aliphatic carbocycles. The Morgan fingerprint density at radius 3 is 2.80 bits per heavy atom.